The van der Waals surface area contributed by atoms with Gasteiger partial charge in [0.25, 0.3) is 5.91 Å². The molecule has 8 heteroatoms. The number of rotatable bonds is 6. The molecule has 1 aromatic carbocycles. The number of ether oxygens (including phenoxy) is 2. The van der Waals surface area contributed by atoms with Crippen molar-refractivity contribution in [1.29, 1.82) is 5.26 Å². The van der Waals surface area contributed by atoms with E-state index in [4.69, 9.17) is 14.7 Å². The highest BCUT2D eigenvalue weighted by Crippen LogP contribution is 2.23. The number of carbonyl (C=O) groups is 3. The predicted octanol–water partition coefficient (Wildman–Crippen LogP) is 1.88. The Bertz CT molecular complexity index is 711. The third kappa shape index (κ3) is 6.98. The molecule has 144 valence electrons. The second-order valence-electron chi connectivity index (χ2n) is 6.48. The average Bonchev–Trinajstić information content (AvgIpc) is 2.67. The lowest BCUT2D eigenvalue weighted by Crippen LogP contribution is -2.48. The second kappa shape index (κ2) is 10.2. The Morgan fingerprint density at radius 3 is 2.52 bits per heavy atom. The molecular formula is C19H23N3O5. The molecule has 0 aliphatic heterocycles. The first-order valence-electron chi connectivity index (χ1n) is 8.87. The molecule has 0 bridgehead atoms. The molecule has 0 saturated heterocycles. The van der Waals surface area contributed by atoms with E-state index in [2.05, 4.69) is 17.6 Å². The summed E-state index contributed by atoms with van der Waals surface area (Å²) in [5.74, 6) is -0.674. The summed E-state index contributed by atoms with van der Waals surface area (Å²) >= 11 is 0. The van der Waals surface area contributed by atoms with Crippen molar-refractivity contribution in [2.24, 2.45) is 5.92 Å². The van der Waals surface area contributed by atoms with Gasteiger partial charge in [0.15, 0.2) is 13.2 Å². The second-order valence-corrected chi connectivity index (χ2v) is 6.48. The molecule has 2 unspecified atom stereocenters. The molecule has 2 atom stereocenters. The Hall–Kier alpha value is -3.08. The van der Waals surface area contributed by atoms with Crippen LogP contribution >= 0.6 is 0 Å². The number of nitrogens with zero attached hydrogens (tertiary/aromatic N) is 1. The van der Waals surface area contributed by atoms with E-state index in [1.165, 1.54) is 0 Å². The lowest BCUT2D eigenvalue weighted by atomic mass is 9.86. The number of amides is 3. The minimum absolute atomic E-state index is 0.0509. The monoisotopic (exact) mass is 373 g/mol. The molecule has 1 aromatic rings. The van der Waals surface area contributed by atoms with Crippen LogP contribution in [-0.4, -0.2) is 37.2 Å². The van der Waals surface area contributed by atoms with Gasteiger partial charge >= 0.3 is 12.0 Å². The summed E-state index contributed by atoms with van der Waals surface area (Å²) in [5.41, 5.74) is 0.475. The summed E-state index contributed by atoms with van der Waals surface area (Å²) in [7, 11) is 0. The minimum atomic E-state index is -0.740. The predicted molar refractivity (Wildman–Crippen MR) is 95.7 cm³/mol. The first-order chi connectivity index (χ1) is 13.0. The molecule has 1 aliphatic rings. The molecule has 0 aromatic heterocycles. The highest BCUT2D eigenvalue weighted by Gasteiger charge is 2.23. The third-order valence-electron chi connectivity index (χ3n) is 4.39. The number of nitriles is 1. The van der Waals surface area contributed by atoms with Crippen LogP contribution in [0.15, 0.2) is 24.3 Å². The lowest BCUT2D eigenvalue weighted by Gasteiger charge is -2.29. The van der Waals surface area contributed by atoms with Gasteiger partial charge in [-0.1, -0.05) is 19.8 Å². The summed E-state index contributed by atoms with van der Waals surface area (Å²) in [6.45, 7) is 1.12. The Balaban J connectivity index is 1.64. The van der Waals surface area contributed by atoms with Crippen LogP contribution in [0.4, 0.5) is 4.79 Å². The molecule has 2 rings (SSSR count). The van der Waals surface area contributed by atoms with Crippen LogP contribution < -0.4 is 15.4 Å². The Labute approximate surface area is 157 Å². The highest BCUT2D eigenvalue weighted by molar-refractivity contribution is 5.95. The van der Waals surface area contributed by atoms with Crippen LogP contribution in [0, 0.1) is 17.2 Å². The first-order valence-corrected chi connectivity index (χ1v) is 8.87. The van der Waals surface area contributed by atoms with E-state index < -0.39 is 24.5 Å². The summed E-state index contributed by atoms with van der Waals surface area (Å²) < 4.78 is 9.97. The van der Waals surface area contributed by atoms with Gasteiger partial charge in [-0.05, 0) is 43.0 Å². The van der Waals surface area contributed by atoms with Crippen molar-refractivity contribution in [2.45, 2.75) is 38.6 Å². The van der Waals surface area contributed by atoms with Gasteiger partial charge in [0.1, 0.15) is 5.75 Å². The van der Waals surface area contributed by atoms with Gasteiger partial charge in [-0.3, -0.25) is 10.1 Å². The van der Waals surface area contributed by atoms with Gasteiger partial charge in [0.2, 0.25) is 0 Å². The van der Waals surface area contributed by atoms with E-state index >= 15 is 0 Å². The Kier molecular flexibility index (Phi) is 7.62. The molecule has 0 radical (unpaired) electrons. The number of esters is 1. The summed E-state index contributed by atoms with van der Waals surface area (Å²) in [4.78, 5) is 35.2. The summed E-state index contributed by atoms with van der Waals surface area (Å²) in [6.07, 6.45) is 4.15. The van der Waals surface area contributed by atoms with E-state index in [0.29, 0.717) is 17.2 Å². The molecule has 0 heterocycles. The molecule has 1 saturated carbocycles. The highest BCUT2D eigenvalue weighted by atomic mass is 16.6. The maximum atomic E-state index is 11.8. The van der Waals surface area contributed by atoms with Gasteiger partial charge < -0.3 is 14.8 Å². The van der Waals surface area contributed by atoms with Crippen molar-refractivity contribution >= 4 is 17.9 Å². The molecular weight excluding hydrogens is 350 g/mol. The summed E-state index contributed by atoms with van der Waals surface area (Å²) in [6, 6.07) is 7.65. The molecule has 0 spiro atoms. The molecule has 1 fully saturated rings. The van der Waals surface area contributed by atoms with Crippen molar-refractivity contribution in [3.8, 4) is 11.8 Å². The smallest absolute Gasteiger partial charge is 0.344 e. The fourth-order valence-corrected chi connectivity index (χ4v) is 2.85. The van der Waals surface area contributed by atoms with E-state index in [9.17, 15) is 14.4 Å². The first kappa shape index (κ1) is 20.2. The lowest BCUT2D eigenvalue weighted by molar-refractivity contribution is -0.150. The normalized spacial score (nSPS) is 18.7. The minimum Gasteiger partial charge on any atom is -0.482 e. The number of imide groups is 1. The fraction of sp³-hybridized carbons (Fsp3) is 0.474. The third-order valence-corrected chi connectivity index (χ3v) is 4.39. The number of benzene rings is 1. The van der Waals surface area contributed by atoms with Crippen LogP contribution in [0.2, 0.25) is 0 Å². The zero-order chi connectivity index (χ0) is 19.6. The van der Waals surface area contributed by atoms with Crippen LogP contribution in [0.25, 0.3) is 0 Å². The topological polar surface area (TPSA) is 118 Å². The standard InChI is InChI=1S/C19H23N3O5/c1-13-4-2-3-5-16(13)21-19(25)22-17(23)11-27-18(24)12-26-15-8-6-14(10-20)7-9-15/h6-9,13,16H,2-5,11-12H2,1H3,(H2,21,22,23,25). The van der Waals surface area contributed by atoms with E-state index in [0.717, 1.165) is 25.7 Å². The largest absolute Gasteiger partial charge is 0.482 e. The van der Waals surface area contributed by atoms with Gasteiger partial charge in [-0.25, -0.2) is 9.59 Å². The van der Waals surface area contributed by atoms with Crippen molar-refractivity contribution in [2.75, 3.05) is 13.2 Å². The van der Waals surface area contributed by atoms with Crippen molar-refractivity contribution < 1.29 is 23.9 Å². The number of nitrogens with one attached hydrogen (secondary N) is 2. The van der Waals surface area contributed by atoms with Gasteiger partial charge in [-0.15, -0.1) is 0 Å². The summed E-state index contributed by atoms with van der Waals surface area (Å²) in [5, 5.41) is 13.6. The number of hydrogen-bond donors (Lipinski definition) is 2. The van der Waals surface area contributed by atoms with Gasteiger partial charge in [0, 0.05) is 6.04 Å². The average molecular weight is 373 g/mol. The van der Waals surface area contributed by atoms with Crippen LogP contribution in [0.3, 0.4) is 0 Å². The van der Waals surface area contributed by atoms with Crippen molar-refractivity contribution in [1.82, 2.24) is 10.6 Å². The maximum Gasteiger partial charge on any atom is 0.344 e. The van der Waals surface area contributed by atoms with Crippen molar-refractivity contribution in [3.05, 3.63) is 29.8 Å². The molecule has 27 heavy (non-hydrogen) atoms. The molecule has 2 N–H and O–H groups in total. The van der Waals surface area contributed by atoms with Crippen LogP contribution in [0.5, 0.6) is 5.75 Å². The zero-order valence-electron chi connectivity index (χ0n) is 15.2. The van der Waals surface area contributed by atoms with E-state index in [1.54, 1.807) is 24.3 Å². The maximum absolute atomic E-state index is 11.8. The quantitative estimate of drug-likeness (QED) is 0.735. The van der Waals surface area contributed by atoms with Gasteiger partial charge in [-0.2, -0.15) is 5.26 Å². The molecule has 1 aliphatic carbocycles. The molecule has 8 nitrogen and oxygen atoms in total. The Morgan fingerprint density at radius 1 is 1.15 bits per heavy atom. The number of hydrogen-bond acceptors (Lipinski definition) is 6. The van der Waals surface area contributed by atoms with E-state index in [1.807, 2.05) is 6.07 Å². The molecule has 3 amide bonds. The van der Waals surface area contributed by atoms with Crippen LogP contribution in [-0.2, 0) is 14.3 Å². The van der Waals surface area contributed by atoms with Gasteiger partial charge in [0.05, 0.1) is 11.6 Å². The Morgan fingerprint density at radius 2 is 1.85 bits per heavy atom. The number of urea groups is 1. The fourth-order valence-electron chi connectivity index (χ4n) is 2.85. The van der Waals surface area contributed by atoms with Crippen molar-refractivity contribution in [3.63, 3.8) is 0 Å². The van der Waals surface area contributed by atoms with Crippen LogP contribution in [0.1, 0.15) is 38.2 Å². The zero-order valence-corrected chi connectivity index (χ0v) is 15.2. The number of carbonyl (C=O) groups excluding carboxylic acids is 3. The van der Waals surface area contributed by atoms with E-state index in [-0.39, 0.29) is 12.6 Å². The SMILES string of the molecule is CC1CCCCC1NC(=O)NC(=O)COC(=O)COc1ccc(C#N)cc1.